The molecule has 0 bridgehead atoms. The van der Waals surface area contributed by atoms with Crippen molar-refractivity contribution in [2.24, 2.45) is 0 Å². The first-order valence-electron chi connectivity index (χ1n) is 14.7. The number of nitrogens with zero attached hydrogens (tertiary/aromatic N) is 4. The van der Waals surface area contributed by atoms with Crippen molar-refractivity contribution >= 4 is 38.9 Å². The minimum absolute atomic E-state index is 0.252. The van der Waals surface area contributed by atoms with Crippen molar-refractivity contribution in [3.63, 3.8) is 0 Å². The quantitative estimate of drug-likeness (QED) is 0.231. The molecular formula is C34H30N4O. The summed E-state index contributed by atoms with van der Waals surface area (Å²) in [6, 6.07) is 34.3. The topological polar surface area (TPSA) is 33.5 Å². The highest BCUT2D eigenvalue weighted by atomic mass is 16.5. The van der Waals surface area contributed by atoms with Crippen molar-refractivity contribution in [3.05, 3.63) is 115 Å². The molecule has 3 heterocycles. The van der Waals surface area contributed by atoms with E-state index in [-0.39, 0.29) is 5.56 Å². The van der Waals surface area contributed by atoms with Crippen molar-refractivity contribution in [3.8, 4) is 17.3 Å². The summed E-state index contributed by atoms with van der Waals surface area (Å²) in [6.07, 6.45) is 1.56. The van der Waals surface area contributed by atoms with Crippen LogP contribution in [-0.4, -0.2) is 22.3 Å². The molecule has 6 aromatic rings. The van der Waals surface area contributed by atoms with Gasteiger partial charge >= 0.3 is 0 Å². The third-order valence-electron chi connectivity index (χ3n) is 7.38. The fraction of sp³-hybridized carbons (Fsp3) is 0.147. The Morgan fingerprint density at radius 3 is 2.44 bits per heavy atom. The van der Waals surface area contributed by atoms with Crippen molar-refractivity contribution in [1.82, 2.24) is 9.55 Å². The van der Waals surface area contributed by atoms with Gasteiger partial charge in [-0.25, -0.2) is 4.98 Å². The molecule has 0 fully saturated rings. The van der Waals surface area contributed by atoms with Gasteiger partial charge in [-0.1, -0.05) is 36.4 Å². The van der Waals surface area contributed by atoms with Crippen molar-refractivity contribution < 1.29 is 8.85 Å². The summed E-state index contributed by atoms with van der Waals surface area (Å²) in [5, 5.41) is 2.10. The van der Waals surface area contributed by atoms with E-state index in [9.17, 15) is 0 Å². The number of hydrogen-bond donors (Lipinski definition) is 0. The lowest BCUT2D eigenvalue weighted by Crippen LogP contribution is -2.33. The summed E-state index contributed by atoms with van der Waals surface area (Å²) in [7, 11) is 0. The molecule has 2 aromatic heterocycles. The van der Waals surface area contributed by atoms with Crippen LogP contribution in [0.25, 0.3) is 27.6 Å². The molecule has 7 rings (SSSR count). The van der Waals surface area contributed by atoms with Crippen LogP contribution >= 0.6 is 0 Å². The maximum Gasteiger partial charge on any atom is 0.137 e. The molecule has 0 spiro atoms. The monoisotopic (exact) mass is 513 g/mol. The zero-order valence-electron chi connectivity index (χ0n) is 24.9. The molecule has 1 aliphatic heterocycles. The highest BCUT2D eigenvalue weighted by molar-refractivity contribution is 6.09. The van der Waals surface area contributed by atoms with Gasteiger partial charge in [-0.2, -0.15) is 0 Å². The first kappa shape index (κ1) is 20.2. The highest BCUT2D eigenvalue weighted by Gasteiger charge is 2.28. The van der Waals surface area contributed by atoms with E-state index in [4.69, 9.17) is 8.85 Å². The van der Waals surface area contributed by atoms with E-state index in [1.807, 2.05) is 47.0 Å². The van der Waals surface area contributed by atoms with Gasteiger partial charge in [0.2, 0.25) is 0 Å². The van der Waals surface area contributed by atoms with Crippen molar-refractivity contribution in [2.45, 2.75) is 26.7 Å². The maximum absolute atomic E-state index is 7.90. The van der Waals surface area contributed by atoms with E-state index in [2.05, 4.69) is 77.2 Å². The molecule has 4 aromatic carbocycles. The Hall–Kier alpha value is -4.77. The van der Waals surface area contributed by atoms with Gasteiger partial charge in [-0.15, -0.1) is 0 Å². The van der Waals surface area contributed by atoms with E-state index in [0.29, 0.717) is 17.6 Å². The van der Waals surface area contributed by atoms with Crippen LogP contribution in [-0.2, 0) is 0 Å². The van der Waals surface area contributed by atoms with E-state index < -0.39 is 6.85 Å². The van der Waals surface area contributed by atoms with Gasteiger partial charge in [0.05, 0.1) is 29.1 Å². The van der Waals surface area contributed by atoms with E-state index in [1.54, 1.807) is 18.3 Å². The van der Waals surface area contributed by atoms with Gasteiger partial charge in [0.1, 0.15) is 17.3 Å². The number of benzene rings is 4. The summed E-state index contributed by atoms with van der Waals surface area (Å²) in [4.78, 5) is 9.27. The van der Waals surface area contributed by atoms with Gasteiger partial charge in [0.25, 0.3) is 0 Å². The molecule has 192 valence electrons. The lowest BCUT2D eigenvalue weighted by atomic mass is 10.1. The lowest BCUT2D eigenvalue weighted by Gasteiger charge is -2.25. The van der Waals surface area contributed by atoms with Crippen LogP contribution < -0.4 is 14.5 Å². The molecule has 0 N–H and O–H groups in total. The summed E-state index contributed by atoms with van der Waals surface area (Å²) >= 11 is 0. The van der Waals surface area contributed by atoms with Crippen LogP contribution in [0.2, 0.25) is 0 Å². The molecule has 0 aliphatic carbocycles. The summed E-state index contributed by atoms with van der Waals surface area (Å²) in [6.45, 7) is 2.97. The molecule has 0 amide bonds. The van der Waals surface area contributed by atoms with E-state index in [1.165, 1.54) is 11.4 Å². The fourth-order valence-corrected chi connectivity index (χ4v) is 5.55. The fourth-order valence-electron chi connectivity index (χ4n) is 5.55. The third-order valence-corrected chi connectivity index (χ3v) is 7.38. The van der Waals surface area contributed by atoms with Gasteiger partial charge in [-0.05, 0) is 80.9 Å². The minimum atomic E-state index is -2.22. The first-order valence-corrected chi connectivity index (χ1v) is 13.2. The van der Waals surface area contributed by atoms with Crippen LogP contribution in [0.5, 0.6) is 11.5 Å². The van der Waals surface area contributed by atoms with Gasteiger partial charge < -0.3 is 14.5 Å². The first-order chi connectivity index (χ1) is 20.3. The van der Waals surface area contributed by atoms with E-state index in [0.717, 1.165) is 39.9 Å². The second-order valence-corrected chi connectivity index (χ2v) is 10.2. The van der Waals surface area contributed by atoms with Gasteiger partial charge in [0.15, 0.2) is 0 Å². The Morgan fingerprint density at radius 1 is 0.769 bits per heavy atom. The molecule has 0 saturated carbocycles. The number of rotatable bonds is 5. The zero-order valence-corrected chi connectivity index (χ0v) is 21.9. The van der Waals surface area contributed by atoms with Gasteiger partial charge in [0, 0.05) is 44.9 Å². The number of hydrogen-bond acceptors (Lipinski definition) is 4. The van der Waals surface area contributed by atoms with Crippen molar-refractivity contribution in [1.29, 1.82) is 0 Å². The third kappa shape index (κ3) is 3.98. The Kier molecular flexibility index (Phi) is 4.77. The number of pyridine rings is 1. The molecule has 0 unspecified atom stereocenters. The molecule has 0 atom stereocenters. The second-order valence-electron chi connectivity index (χ2n) is 10.2. The minimum Gasteiger partial charge on any atom is -0.457 e. The average molecular weight is 514 g/mol. The van der Waals surface area contributed by atoms with Crippen LogP contribution in [0.4, 0.5) is 17.1 Å². The Balaban J connectivity index is 1.28. The number of fused-ring (bicyclic) bond motifs is 4. The molecule has 0 saturated heterocycles. The molecule has 5 heteroatoms. The second kappa shape index (κ2) is 9.21. The Bertz CT molecular complexity index is 1950. The molecule has 5 nitrogen and oxygen atoms in total. The summed E-state index contributed by atoms with van der Waals surface area (Å²) in [5.41, 5.74) is 5.56. The number of aromatic nitrogens is 2. The molecule has 39 heavy (non-hydrogen) atoms. The largest absolute Gasteiger partial charge is 0.457 e. The normalized spacial score (nSPS) is 14.5. The SMILES string of the molecule is [2H]C([2H])([2H])c1ccnc(-n2c3ccccc3c3ccc(Oc4cccc(N5CN(C(C)C)c6ccccc65)c4)cc32)c1. The van der Waals surface area contributed by atoms with Gasteiger partial charge in [-0.3, -0.25) is 4.57 Å². The number of anilines is 3. The molecular weight excluding hydrogens is 480 g/mol. The Morgan fingerprint density at radius 2 is 1.56 bits per heavy atom. The molecule has 0 radical (unpaired) electrons. The lowest BCUT2D eigenvalue weighted by molar-refractivity contribution is 0.483. The van der Waals surface area contributed by atoms with Crippen LogP contribution in [0.3, 0.4) is 0 Å². The number of para-hydroxylation sites is 3. The smallest absolute Gasteiger partial charge is 0.137 e. The Labute approximate surface area is 232 Å². The predicted molar refractivity (Wildman–Crippen MR) is 161 cm³/mol. The highest BCUT2D eigenvalue weighted by Crippen LogP contribution is 2.42. The van der Waals surface area contributed by atoms with Crippen LogP contribution in [0, 0.1) is 6.85 Å². The summed E-state index contributed by atoms with van der Waals surface area (Å²) in [5.74, 6) is 1.97. The number of aryl methyl sites for hydroxylation is 1. The zero-order chi connectivity index (χ0) is 29.0. The average Bonchev–Trinajstić information content (AvgIpc) is 3.53. The maximum atomic E-state index is 7.90. The van der Waals surface area contributed by atoms with Crippen molar-refractivity contribution in [2.75, 3.05) is 16.5 Å². The van der Waals surface area contributed by atoms with E-state index >= 15 is 0 Å². The summed E-state index contributed by atoms with van der Waals surface area (Å²) < 4.78 is 32.2. The predicted octanol–water partition coefficient (Wildman–Crippen LogP) is 8.60. The number of ether oxygens (including phenoxy) is 1. The standard InChI is InChI=1S/C34H30N4O/c1-23(2)36-22-37(32-14-7-6-13-31(32)36)25-9-8-10-26(20-25)39-27-15-16-29-28-11-4-5-12-30(28)38(33(29)21-27)34-19-24(3)17-18-35-34/h4-21,23H,22H2,1-3H3/i3D3. The van der Waals surface area contributed by atoms with Crippen LogP contribution in [0.1, 0.15) is 23.5 Å². The molecule has 1 aliphatic rings. The van der Waals surface area contributed by atoms with Crippen LogP contribution in [0.15, 0.2) is 109 Å².